The van der Waals surface area contributed by atoms with E-state index in [-0.39, 0.29) is 27.3 Å². The number of hydrogen-bond donors (Lipinski definition) is 2. The second-order valence-electron chi connectivity index (χ2n) is 8.62. The van der Waals surface area contributed by atoms with Gasteiger partial charge in [0.1, 0.15) is 16.5 Å². The number of anilines is 3. The first-order valence-corrected chi connectivity index (χ1v) is 11.8. The van der Waals surface area contributed by atoms with Gasteiger partial charge < -0.3 is 10.6 Å². The molecule has 0 atom stereocenters. The molecule has 4 rings (SSSR count). The molecular weight excluding hydrogens is 504 g/mol. The third-order valence-electron chi connectivity index (χ3n) is 5.78. The standard InChI is InChI=1S/C27H22Cl2FN3O3/c1-14(2)16-6-8-18(9-7-16)31-25(34)17-5-4-15(3)22(12-17)32-24-23(29)26(35)33(27(24)36)19-10-11-21(30)20(28)13-19/h4-14,32H,1-3H3,(H,31,34). The molecule has 6 nitrogen and oxygen atoms in total. The molecular formula is C27H22Cl2FN3O3. The van der Waals surface area contributed by atoms with Gasteiger partial charge >= 0.3 is 0 Å². The summed E-state index contributed by atoms with van der Waals surface area (Å²) < 4.78 is 13.6. The summed E-state index contributed by atoms with van der Waals surface area (Å²) >= 11 is 12.0. The van der Waals surface area contributed by atoms with Gasteiger partial charge in [-0.15, -0.1) is 0 Å². The third kappa shape index (κ3) is 4.98. The molecule has 1 aliphatic rings. The minimum atomic E-state index is -0.775. The third-order valence-corrected chi connectivity index (χ3v) is 6.42. The van der Waals surface area contributed by atoms with E-state index in [0.717, 1.165) is 16.5 Å². The van der Waals surface area contributed by atoms with Crippen LogP contribution in [0.3, 0.4) is 0 Å². The van der Waals surface area contributed by atoms with Crippen LogP contribution in [0, 0.1) is 12.7 Å². The summed E-state index contributed by atoms with van der Waals surface area (Å²) in [6.45, 7) is 5.96. The number of carbonyl (C=O) groups excluding carboxylic acids is 3. The topological polar surface area (TPSA) is 78.5 Å². The molecule has 0 spiro atoms. The van der Waals surface area contributed by atoms with E-state index in [1.165, 1.54) is 12.1 Å². The van der Waals surface area contributed by atoms with Gasteiger partial charge in [0.2, 0.25) is 0 Å². The van der Waals surface area contributed by atoms with Crippen molar-refractivity contribution in [3.05, 3.63) is 98.9 Å². The summed E-state index contributed by atoms with van der Waals surface area (Å²) in [6, 6.07) is 16.0. The number of nitrogens with zero attached hydrogens (tertiary/aromatic N) is 1. The van der Waals surface area contributed by atoms with Crippen LogP contribution >= 0.6 is 23.2 Å². The number of benzene rings is 3. The molecule has 0 aliphatic carbocycles. The average molecular weight is 526 g/mol. The van der Waals surface area contributed by atoms with E-state index in [1.54, 1.807) is 25.1 Å². The Balaban J connectivity index is 1.55. The Hall–Kier alpha value is -3.68. The number of nitrogens with one attached hydrogen (secondary N) is 2. The second kappa shape index (κ2) is 10.1. The van der Waals surface area contributed by atoms with Crippen LogP contribution in [-0.4, -0.2) is 17.7 Å². The van der Waals surface area contributed by atoms with E-state index in [0.29, 0.717) is 28.4 Å². The van der Waals surface area contributed by atoms with Crippen molar-refractivity contribution in [1.82, 2.24) is 0 Å². The van der Waals surface area contributed by atoms with Crippen LogP contribution < -0.4 is 15.5 Å². The predicted molar refractivity (Wildman–Crippen MR) is 140 cm³/mol. The lowest BCUT2D eigenvalue weighted by atomic mass is 10.0. The lowest BCUT2D eigenvalue weighted by Crippen LogP contribution is -2.32. The monoisotopic (exact) mass is 525 g/mol. The van der Waals surface area contributed by atoms with Crippen LogP contribution in [0.25, 0.3) is 0 Å². The zero-order valence-electron chi connectivity index (χ0n) is 19.7. The molecule has 1 heterocycles. The number of carbonyl (C=O) groups is 3. The van der Waals surface area contributed by atoms with Gasteiger partial charge in [0.05, 0.1) is 10.7 Å². The van der Waals surface area contributed by atoms with E-state index in [9.17, 15) is 18.8 Å². The van der Waals surface area contributed by atoms with Crippen molar-refractivity contribution in [3.63, 3.8) is 0 Å². The highest BCUT2D eigenvalue weighted by Gasteiger charge is 2.39. The summed E-state index contributed by atoms with van der Waals surface area (Å²) in [5, 5.41) is 5.17. The van der Waals surface area contributed by atoms with Crippen molar-refractivity contribution in [1.29, 1.82) is 0 Å². The maximum Gasteiger partial charge on any atom is 0.283 e. The summed E-state index contributed by atoms with van der Waals surface area (Å²) in [5.41, 5.74) is 3.21. The number of amides is 3. The number of hydrogen-bond acceptors (Lipinski definition) is 4. The molecule has 3 amide bonds. The number of rotatable bonds is 6. The van der Waals surface area contributed by atoms with Crippen molar-refractivity contribution in [2.45, 2.75) is 26.7 Å². The van der Waals surface area contributed by atoms with Gasteiger partial charge in [-0.2, -0.15) is 0 Å². The fourth-order valence-electron chi connectivity index (χ4n) is 3.66. The van der Waals surface area contributed by atoms with E-state index in [2.05, 4.69) is 24.5 Å². The SMILES string of the molecule is Cc1ccc(C(=O)Nc2ccc(C(C)C)cc2)cc1NC1=C(Cl)C(=O)N(c2ccc(F)c(Cl)c2)C1=O. The van der Waals surface area contributed by atoms with E-state index < -0.39 is 17.6 Å². The molecule has 184 valence electrons. The van der Waals surface area contributed by atoms with Gasteiger partial charge in [-0.1, -0.05) is 55.2 Å². The zero-order valence-corrected chi connectivity index (χ0v) is 21.2. The molecule has 0 fully saturated rings. The van der Waals surface area contributed by atoms with Gasteiger partial charge in [-0.05, 0) is 66.4 Å². The Morgan fingerprint density at radius 1 is 0.944 bits per heavy atom. The van der Waals surface area contributed by atoms with Crippen LogP contribution in [0.2, 0.25) is 5.02 Å². The van der Waals surface area contributed by atoms with Crippen LogP contribution in [0.4, 0.5) is 21.5 Å². The Morgan fingerprint density at radius 2 is 1.64 bits per heavy atom. The highest BCUT2D eigenvalue weighted by atomic mass is 35.5. The van der Waals surface area contributed by atoms with E-state index in [1.807, 2.05) is 24.3 Å². The zero-order chi connectivity index (χ0) is 26.1. The van der Waals surface area contributed by atoms with Crippen molar-refractivity contribution < 1.29 is 18.8 Å². The normalized spacial score (nSPS) is 13.6. The Kier molecular flexibility index (Phi) is 7.15. The van der Waals surface area contributed by atoms with Crippen LogP contribution in [0.5, 0.6) is 0 Å². The van der Waals surface area contributed by atoms with Gasteiger partial charge in [0.15, 0.2) is 0 Å². The van der Waals surface area contributed by atoms with Crippen LogP contribution in [-0.2, 0) is 9.59 Å². The predicted octanol–water partition coefficient (Wildman–Crippen LogP) is 6.60. The molecule has 2 N–H and O–H groups in total. The molecule has 9 heteroatoms. The summed E-state index contributed by atoms with van der Waals surface area (Å²) in [5.74, 6) is -2.15. The maximum atomic E-state index is 13.6. The molecule has 0 aromatic heterocycles. The Labute approximate surface area is 217 Å². The smallest absolute Gasteiger partial charge is 0.283 e. The highest BCUT2D eigenvalue weighted by molar-refractivity contribution is 6.53. The van der Waals surface area contributed by atoms with Crippen molar-refractivity contribution >= 4 is 58.0 Å². The van der Waals surface area contributed by atoms with Crippen molar-refractivity contribution in [2.75, 3.05) is 15.5 Å². The van der Waals surface area contributed by atoms with Gasteiger partial charge in [-0.25, -0.2) is 9.29 Å². The lowest BCUT2D eigenvalue weighted by Gasteiger charge is -2.16. The summed E-state index contributed by atoms with van der Waals surface area (Å²) in [6.07, 6.45) is 0. The molecule has 3 aromatic carbocycles. The van der Waals surface area contributed by atoms with Crippen LogP contribution in [0.15, 0.2) is 71.4 Å². The van der Waals surface area contributed by atoms with Crippen LogP contribution in [0.1, 0.15) is 41.3 Å². The molecule has 0 saturated heterocycles. The summed E-state index contributed by atoms with van der Waals surface area (Å²) in [7, 11) is 0. The first kappa shape index (κ1) is 25.4. The molecule has 3 aromatic rings. The highest BCUT2D eigenvalue weighted by Crippen LogP contribution is 2.33. The lowest BCUT2D eigenvalue weighted by molar-refractivity contribution is -0.120. The van der Waals surface area contributed by atoms with E-state index in [4.69, 9.17) is 23.2 Å². The van der Waals surface area contributed by atoms with Crippen molar-refractivity contribution in [3.8, 4) is 0 Å². The first-order valence-electron chi connectivity index (χ1n) is 11.1. The Bertz CT molecular complexity index is 1420. The number of halogens is 3. The molecule has 36 heavy (non-hydrogen) atoms. The quantitative estimate of drug-likeness (QED) is 0.355. The van der Waals surface area contributed by atoms with Gasteiger partial charge in [-0.3, -0.25) is 14.4 Å². The summed E-state index contributed by atoms with van der Waals surface area (Å²) in [4.78, 5) is 39.4. The number of aryl methyl sites for hydroxylation is 1. The fourth-order valence-corrected chi connectivity index (χ4v) is 4.04. The fraction of sp³-hybridized carbons (Fsp3) is 0.148. The van der Waals surface area contributed by atoms with Crippen molar-refractivity contribution in [2.24, 2.45) is 0 Å². The van der Waals surface area contributed by atoms with E-state index >= 15 is 0 Å². The Morgan fingerprint density at radius 3 is 2.28 bits per heavy atom. The molecule has 0 radical (unpaired) electrons. The van der Waals surface area contributed by atoms with Gasteiger partial charge in [0.25, 0.3) is 17.7 Å². The first-order chi connectivity index (χ1) is 17.1. The minimum Gasteiger partial charge on any atom is -0.349 e. The second-order valence-corrected chi connectivity index (χ2v) is 9.40. The molecule has 0 saturated carbocycles. The minimum absolute atomic E-state index is 0.0830. The molecule has 1 aliphatic heterocycles. The number of imide groups is 1. The average Bonchev–Trinajstić information content (AvgIpc) is 3.05. The largest absolute Gasteiger partial charge is 0.349 e. The molecule has 0 unspecified atom stereocenters. The molecule has 0 bridgehead atoms. The van der Waals surface area contributed by atoms with Gasteiger partial charge in [0, 0.05) is 16.9 Å². The maximum absolute atomic E-state index is 13.6.